The van der Waals surface area contributed by atoms with Crippen LogP contribution in [0.5, 0.6) is 11.5 Å². The molecule has 0 spiro atoms. The van der Waals surface area contributed by atoms with Gasteiger partial charge >= 0.3 is 0 Å². The van der Waals surface area contributed by atoms with Gasteiger partial charge in [0, 0.05) is 6.08 Å². The van der Waals surface area contributed by atoms with Crippen molar-refractivity contribution in [2.75, 3.05) is 19.1 Å². The van der Waals surface area contributed by atoms with Gasteiger partial charge in [0.15, 0.2) is 16.6 Å². The summed E-state index contributed by atoms with van der Waals surface area (Å²) >= 11 is 7.83. The van der Waals surface area contributed by atoms with Crippen LogP contribution in [0.3, 0.4) is 0 Å². The molecule has 4 aromatic rings. The van der Waals surface area contributed by atoms with Crippen LogP contribution in [-0.2, 0) is 11.3 Å². The fraction of sp³-hybridized carbons (Fsp3) is 0.154. The summed E-state index contributed by atoms with van der Waals surface area (Å²) in [7, 11) is 3.17. The molecule has 1 heterocycles. The highest BCUT2D eigenvalue weighted by Gasteiger charge is 2.20. The molecular formula is C26H23ClN2O3S. The number of hydrogen-bond donors (Lipinski definition) is 0. The lowest BCUT2D eigenvalue weighted by Crippen LogP contribution is -2.28. The Morgan fingerprint density at radius 3 is 2.52 bits per heavy atom. The van der Waals surface area contributed by atoms with E-state index in [1.807, 2.05) is 67.6 Å². The second-order valence-electron chi connectivity index (χ2n) is 7.40. The van der Waals surface area contributed by atoms with Gasteiger partial charge in [0.1, 0.15) is 0 Å². The van der Waals surface area contributed by atoms with Crippen LogP contribution in [0.25, 0.3) is 16.3 Å². The summed E-state index contributed by atoms with van der Waals surface area (Å²) in [6, 6.07) is 19.1. The van der Waals surface area contributed by atoms with Crippen LogP contribution in [0.15, 0.2) is 66.7 Å². The van der Waals surface area contributed by atoms with Crippen LogP contribution in [0.1, 0.15) is 16.7 Å². The minimum Gasteiger partial charge on any atom is -0.493 e. The number of methoxy groups -OCH3 is 2. The minimum atomic E-state index is -0.179. The average Bonchev–Trinajstić information content (AvgIpc) is 3.30. The van der Waals surface area contributed by atoms with Crippen LogP contribution in [0.2, 0.25) is 5.02 Å². The maximum absolute atomic E-state index is 13.4. The van der Waals surface area contributed by atoms with Crippen molar-refractivity contribution < 1.29 is 14.3 Å². The van der Waals surface area contributed by atoms with Crippen molar-refractivity contribution in [3.63, 3.8) is 0 Å². The topological polar surface area (TPSA) is 51.7 Å². The normalized spacial score (nSPS) is 11.2. The summed E-state index contributed by atoms with van der Waals surface area (Å²) in [6.45, 7) is 2.38. The fourth-order valence-corrected chi connectivity index (χ4v) is 4.75. The number of amides is 1. The van der Waals surface area contributed by atoms with Gasteiger partial charge in [0.2, 0.25) is 0 Å². The molecule has 0 saturated heterocycles. The van der Waals surface area contributed by atoms with E-state index in [1.165, 1.54) is 11.3 Å². The summed E-state index contributed by atoms with van der Waals surface area (Å²) in [5.74, 6) is 1.06. The fourth-order valence-electron chi connectivity index (χ4n) is 3.43. The number of benzene rings is 3. The molecular weight excluding hydrogens is 456 g/mol. The largest absolute Gasteiger partial charge is 0.493 e. The zero-order valence-electron chi connectivity index (χ0n) is 18.5. The van der Waals surface area contributed by atoms with Gasteiger partial charge in [-0.2, -0.15) is 0 Å². The van der Waals surface area contributed by atoms with E-state index < -0.39 is 0 Å². The summed E-state index contributed by atoms with van der Waals surface area (Å²) in [5.41, 5.74) is 3.67. The summed E-state index contributed by atoms with van der Waals surface area (Å²) < 4.78 is 11.5. The van der Waals surface area contributed by atoms with Crippen LogP contribution in [-0.4, -0.2) is 25.1 Å². The molecule has 0 aliphatic heterocycles. The van der Waals surface area contributed by atoms with Crippen molar-refractivity contribution in [1.82, 2.24) is 4.98 Å². The first-order valence-corrected chi connectivity index (χ1v) is 11.5. The van der Waals surface area contributed by atoms with Crippen molar-refractivity contribution in [3.05, 3.63) is 88.5 Å². The number of thiazole rings is 1. The van der Waals surface area contributed by atoms with Gasteiger partial charge in [-0.3, -0.25) is 9.69 Å². The molecule has 1 amide bonds. The Hall–Kier alpha value is -3.35. The van der Waals surface area contributed by atoms with Crippen molar-refractivity contribution in [2.45, 2.75) is 13.5 Å². The molecule has 0 fully saturated rings. The van der Waals surface area contributed by atoms with Crippen LogP contribution < -0.4 is 14.4 Å². The molecule has 4 rings (SSSR count). The van der Waals surface area contributed by atoms with Crippen LogP contribution >= 0.6 is 22.9 Å². The molecule has 168 valence electrons. The van der Waals surface area contributed by atoms with Gasteiger partial charge in [-0.15, -0.1) is 0 Å². The maximum Gasteiger partial charge on any atom is 0.253 e. The van der Waals surface area contributed by atoms with Gasteiger partial charge < -0.3 is 9.47 Å². The number of ether oxygens (including phenoxy) is 2. The highest BCUT2D eigenvalue weighted by atomic mass is 35.5. The Morgan fingerprint density at radius 1 is 1.06 bits per heavy atom. The Morgan fingerprint density at radius 2 is 1.82 bits per heavy atom. The van der Waals surface area contributed by atoms with E-state index in [-0.39, 0.29) is 5.91 Å². The SMILES string of the molecule is COc1ccc(/C=C/C(=O)N(Cc2ccccc2)c2nc3c(C)ccc(Cl)c3s2)cc1OC. The van der Waals surface area contributed by atoms with E-state index >= 15 is 0 Å². The van der Waals surface area contributed by atoms with Gasteiger partial charge in [0.25, 0.3) is 5.91 Å². The molecule has 0 aliphatic carbocycles. The minimum absolute atomic E-state index is 0.179. The number of carbonyl (C=O) groups is 1. The van der Waals surface area contributed by atoms with Crippen molar-refractivity contribution >= 4 is 50.3 Å². The highest BCUT2D eigenvalue weighted by molar-refractivity contribution is 7.23. The van der Waals surface area contributed by atoms with E-state index in [1.54, 1.807) is 31.3 Å². The molecule has 0 unspecified atom stereocenters. The number of hydrogen-bond acceptors (Lipinski definition) is 5. The highest BCUT2D eigenvalue weighted by Crippen LogP contribution is 2.36. The maximum atomic E-state index is 13.4. The lowest BCUT2D eigenvalue weighted by molar-refractivity contribution is -0.114. The number of nitrogens with zero attached hydrogens (tertiary/aromatic N) is 2. The third kappa shape index (κ3) is 5.02. The molecule has 3 aromatic carbocycles. The Bertz CT molecular complexity index is 1280. The zero-order chi connectivity index (χ0) is 23.4. The number of halogens is 1. The lowest BCUT2D eigenvalue weighted by Gasteiger charge is -2.18. The molecule has 0 atom stereocenters. The third-order valence-corrected chi connectivity index (χ3v) is 6.73. The second-order valence-corrected chi connectivity index (χ2v) is 8.78. The predicted molar refractivity (Wildman–Crippen MR) is 136 cm³/mol. The third-order valence-electron chi connectivity index (χ3n) is 5.19. The molecule has 0 N–H and O–H groups in total. The Kier molecular flexibility index (Phi) is 6.96. The van der Waals surface area contributed by atoms with Gasteiger partial charge in [-0.25, -0.2) is 4.98 Å². The molecule has 1 aromatic heterocycles. The second kappa shape index (κ2) is 10.1. The molecule has 0 bridgehead atoms. The van der Waals surface area contributed by atoms with Crippen LogP contribution in [0.4, 0.5) is 5.13 Å². The van der Waals surface area contributed by atoms with Crippen LogP contribution in [0, 0.1) is 6.92 Å². The lowest BCUT2D eigenvalue weighted by atomic mass is 10.1. The molecule has 7 heteroatoms. The van der Waals surface area contributed by atoms with Gasteiger partial charge in [0.05, 0.1) is 36.0 Å². The van der Waals surface area contributed by atoms with Gasteiger partial charge in [-0.05, 0) is 47.9 Å². The number of aryl methyl sites for hydroxylation is 1. The molecule has 33 heavy (non-hydrogen) atoms. The summed E-state index contributed by atoms with van der Waals surface area (Å²) in [6.07, 6.45) is 3.30. The Balaban J connectivity index is 1.69. The molecule has 0 radical (unpaired) electrons. The number of aromatic nitrogens is 1. The number of carbonyl (C=O) groups excluding carboxylic acids is 1. The molecule has 5 nitrogen and oxygen atoms in total. The van der Waals surface area contributed by atoms with E-state index in [4.69, 9.17) is 26.1 Å². The van der Waals surface area contributed by atoms with Gasteiger partial charge in [-0.1, -0.05) is 65.4 Å². The average molecular weight is 479 g/mol. The first-order valence-electron chi connectivity index (χ1n) is 10.3. The molecule has 0 saturated carbocycles. The van der Waals surface area contributed by atoms with E-state index in [9.17, 15) is 4.79 Å². The standard InChI is InChI=1S/C26H23ClN2O3S/c1-17-9-12-20(27)25-24(17)28-26(33-25)29(16-19-7-5-4-6-8-19)23(30)14-11-18-10-13-21(31-2)22(15-18)32-3/h4-15H,16H2,1-3H3/b14-11+. The first-order chi connectivity index (χ1) is 16.0. The number of rotatable bonds is 7. The van der Waals surface area contributed by atoms with E-state index in [0.717, 1.165) is 26.9 Å². The zero-order valence-corrected chi connectivity index (χ0v) is 20.1. The number of anilines is 1. The molecule has 0 aliphatic rings. The first kappa shape index (κ1) is 22.8. The predicted octanol–water partition coefficient (Wildman–Crippen LogP) is 6.52. The summed E-state index contributed by atoms with van der Waals surface area (Å²) in [5, 5.41) is 1.24. The van der Waals surface area contributed by atoms with E-state index in [2.05, 4.69) is 0 Å². The smallest absolute Gasteiger partial charge is 0.253 e. The monoisotopic (exact) mass is 478 g/mol. The van der Waals surface area contributed by atoms with Crippen molar-refractivity contribution in [2.24, 2.45) is 0 Å². The van der Waals surface area contributed by atoms with Crippen molar-refractivity contribution in [3.8, 4) is 11.5 Å². The van der Waals surface area contributed by atoms with Crippen molar-refractivity contribution in [1.29, 1.82) is 0 Å². The Labute approximate surface area is 201 Å². The number of fused-ring (bicyclic) bond motifs is 1. The quantitative estimate of drug-likeness (QED) is 0.284. The van der Waals surface area contributed by atoms with E-state index in [0.29, 0.717) is 28.2 Å². The summed E-state index contributed by atoms with van der Waals surface area (Å²) in [4.78, 5) is 19.8.